The lowest BCUT2D eigenvalue weighted by Crippen LogP contribution is -2.07. The molecule has 0 rings (SSSR count). The first-order valence-corrected chi connectivity index (χ1v) is 7.20. The number of aliphatic carboxylic acids is 1. The Kier molecular flexibility index (Phi) is 11.7. The van der Waals surface area contributed by atoms with Gasteiger partial charge in [-0.25, -0.2) is 0 Å². The molecule has 0 aromatic heterocycles. The maximum atomic E-state index is 10.8. The molecule has 0 aliphatic carbocycles. The average Bonchev–Trinajstić information content (AvgIpc) is 2.33. The van der Waals surface area contributed by atoms with Crippen molar-refractivity contribution in [1.82, 2.24) is 0 Å². The molecule has 0 aliphatic heterocycles. The summed E-state index contributed by atoms with van der Waals surface area (Å²) in [5.74, 6) is -0.333. The highest BCUT2D eigenvalue weighted by molar-refractivity contribution is 5.66. The molecule has 1 atom stereocenters. The van der Waals surface area contributed by atoms with Crippen LogP contribution in [0, 0.1) is 5.92 Å². The minimum atomic E-state index is -0.666. The SMILES string of the molecule is C=C/C=C\CCC(CCCCCCC)CC(=O)O. The fraction of sp³-hybridized carbons (Fsp3) is 0.688. The molecule has 0 heterocycles. The molecule has 2 heteroatoms. The van der Waals surface area contributed by atoms with Crippen molar-refractivity contribution < 1.29 is 9.90 Å². The first-order chi connectivity index (χ1) is 8.70. The first-order valence-electron chi connectivity index (χ1n) is 7.20. The molecule has 1 unspecified atom stereocenters. The number of carboxylic acid groups (broad SMARTS) is 1. The second-order valence-corrected chi connectivity index (χ2v) is 4.91. The highest BCUT2D eigenvalue weighted by Gasteiger charge is 2.11. The van der Waals surface area contributed by atoms with Crippen molar-refractivity contribution in [3.05, 3.63) is 24.8 Å². The topological polar surface area (TPSA) is 37.3 Å². The van der Waals surface area contributed by atoms with Crippen molar-refractivity contribution in [3.63, 3.8) is 0 Å². The van der Waals surface area contributed by atoms with Crippen LogP contribution in [0.15, 0.2) is 24.8 Å². The highest BCUT2D eigenvalue weighted by atomic mass is 16.4. The maximum absolute atomic E-state index is 10.8. The van der Waals surface area contributed by atoms with E-state index in [9.17, 15) is 4.79 Å². The fourth-order valence-electron chi connectivity index (χ4n) is 2.16. The summed E-state index contributed by atoms with van der Waals surface area (Å²) in [5.41, 5.74) is 0. The molecular weight excluding hydrogens is 224 g/mol. The Morgan fingerprint density at radius 1 is 1.22 bits per heavy atom. The van der Waals surface area contributed by atoms with E-state index in [1.807, 2.05) is 6.08 Å². The van der Waals surface area contributed by atoms with Crippen LogP contribution in [0.25, 0.3) is 0 Å². The molecule has 0 radical (unpaired) electrons. The molecule has 104 valence electrons. The average molecular weight is 252 g/mol. The van der Waals surface area contributed by atoms with Gasteiger partial charge in [0.1, 0.15) is 0 Å². The van der Waals surface area contributed by atoms with Gasteiger partial charge in [-0.15, -0.1) is 0 Å². The number of hydrogen-bond donors (Lipinski definition) is 1. The molecular formula is C16H28O2. The van der Waals surface area contributed by atoms with E-state index in [1.54, 1.807) is 6.08 Å². The summed E-state index contributed by atoms with van der Waals surface area (Å²) in [5, 5.41) is 8.89. The van der Waals surface area contributed by atoms with Crippen LogP contribution in [0.1, 0.15) is 64.7 Å². The number of unbranched alkanes of at least 4 members (excludes halogenated alkanes) is 4. The van der Waals surface area contributed by atoms with Gasteiger partial charge in [0, 0.05) is 6.42 Å². The van der Waals surface area contributed by atoms with Crippen molar-refractivity contribution in [1.29, 1.82) is 0 Å². The van der Waals surface area contributed by atoms with E-state index in [4.69, 9.17) is 5.11 Å². The monoisotopic (exact) mass is 252 g/mol. The predicted octanol–water partition coefficient (Wildman–Crippen LogP) is 4.96. The zero-order valence-corrected chi connectivity index (χ0v) is 11.7. The van der Waals surface area contributed by atoms with Crippen LogP contribution in [-0.2, 0) is 4.79 Å². The minimum Gasteiger partial charge on any atom is -0.481 e. The van der Waals surface area contributed by atoms with Crippen molar-refractivity contribution in [3.8, 4) is 0 Å². The molecule has 0 aromatic carbocycles. The summed E-state index contributed by atoms with van der Waals surface area (Å²) >= 11 is 0. The van der Waals surface area contributed by atoms with Gasteiger partial charge in [0.2, 0.25) is 0 Å². The Balaban J connectivity index is 3.80. The molecule has 0 fully saturated rings. The number of carbonyl (C=O) groups is 1. The van der Waals surface area contributed by atoms with Gasteiger partial charge in [-0.05, 0) is 25.2 Å². The summed E-state index contributed by atoms with van der Waals surface area (Å²) in [7, 11) is 0. The molecule has 0 aliphatic rings. The maximum Gasteiger partial charge on any atom is 0.303 e. The second-order valence-electron chi connectivity index (χ2n) is 4.91. The standard InChI is InChI=1S/C16H28O2/c1-3-5-7-9-11-13-15(14-16(17)18)12-10-8-6-4-2/h4,6,8,15H,2-3,5,7,9-14H2,1H3,(H,17,18)/b8-6-. The number of hydrogen-bond acceptors (Lipinski definition) is 1. The van der Waals surface area contributed by atoms with Gasteiger partial charge in [-0.1, -0.05) is 63.8 Å². The van der Waals surface area contributed by atoms with E-state index in [-0.39, 0.29) is 0 Å². The number of rotatable bonds is 12. The van der Waals surface area contributed by atoms with Crippen LogP contribution in [0.4, 0.5) is 0 Å². The van der Waals surface area contributed by atoms with Crippen molar-refractivity contribution in [2.45, 2.75) is 64.7 Å². The molecule has 18 heavy (non-hydrogen) atoms. The van der Waals surface area contributed by atoms with Crippen LogP contribution < -0.4 is 0 Å². The Morgan fingerprint density at radius 2 is 1.94 bits per heavy atom. The van der Waals surface area contributed by atoms with Gasteiger partial charge in [0.25, 0.3) is 0 Å². The molecule has 0 saturated carbocycles. The van der Waals surface area contributed by atoms with Crippen molar-refractivity contribution in [2.24, 2.45) is 5.92 Å². The van der Waals surface area contributed by atoms with E-state index in [0.717, 1.165) is 19.3 Å². The van der Waals surface area contributed by atoms with Crippen LogP contribution in [-0.4, -0.2) is 11.1 Å². The molecule has 0 amide bonds. The lowest BCUT2D eigenvalue weighted by Gasteiger charge is -2.13. The van der Waals surface area contributed by atoms with Gasteiger partial charge >= 0.3 is 5.97 Å². The van der Waals surface area contributed by atoms with Crippen LogP contribution >= 0.6 is 0 Å². The van der Waals surface area contributed by atoms with E-state index in [2.05, 4.69) is 19.6 Å². The second kappa shape index (κ2) is 12.4. The lowest BCUT2D eigenvalue weighted by atomic mass is 9.92. The van der Waals surface area contributed by atoms with Gasteiger partial charge in [-0.2, -0.15) is 0 Å². The molecule has 0 aromatic rings. The summed E-state index contributed by atoms with van der Waals surface area (Å²) in [4.78, 5) is 10.8. The van der Waals surface area contributed by atoms with E-state index < -0.39 is 5.97 Å². The zero-order chi connectivity index (χ0) is 13.6. The molecule has 0 bridgehead atoms. The quantitative estimate of drug-likeness (QED) is 0.394. The third-order valence-corrected chi connectivity index (χ3v) is 3.19. The number of allylic oxidation sites excluding steroid dienone is 3. The van der Waals surface area contributed by atoms with Crippen LogP contribution in [0.5, 0.6) is 0 Å². The minimum absolute atomic E-state index is 0.315. The first kappa shape index (κ1) is 16.9. The molecule has 1 N–H and O–H groups in total. The Hall–Kier alpha value is -1.05. The van der Waals surface area contributed by atoms with E-state index in [0.29, 0.717) is 12.3 Å². The lowest BCUT2D eigenvalue weighted by molar-refractivity contribution is -0.138. The summed E-state index contributed by atoms with van der Waals surface area (Å²) < 4.78 is 0. The third-order valence-electron chi connectivity index (χ3n) is 3.19. The van der Waals surface area contributed by atoms with Crippen LogP contribution in [0.3, 0.4) is 0 Å². The zero-order valence-electron chi connectivity index (χ0n) is 11.7. The summed E-state index contributed by atoms with van der Waals surface area (Å²) in [6, 6.07) is 0. The highest BCUT2D eigenvalue weighted by Crippen LogP contribution is 2.20. The predicted molar refractivity (Wildman–Crippen MR) is 77.7 cm³/mol. The van der Waals surface area contributed by atoms with Gasteiger partial charge < -0.3 is 5.11 Å². The summed E-state index contributed by atoms with van der Waals surface area (Å²) in [6.45, 7) is 5.83. The Bertz CT molecular complexity index is 243. The Labute approximate surface area is 112 Å². The van der Waals surface area contributed by atoms with Gasteiger partial charge in [-0.3, -0.25) is 4.79 Å². The molecule has 0 spiro atoms. The van der Waals surface area contributed by atoms with Crippen molar-refractivity contribution in [2.75, 3.05) is 0 Å². The third kappa shape index (κ3) is 11.4. The molecule has 2 nitrogen and oxygen atoms in total. The van der Waals surface area contributed by atoms with E-state index in [1.165, 1.54) is 32.1 Å². The van der Waals surface area contributed by atoms with E-state index >= 15 is 0 Å². The van der Waals surface area contributed by atoms with Crippen molar-refractivity contribution >= 4 is 5.97 Å². The summed E-state index contributed by atoms with van der Waals surface area (Å²) in [6.07, 6.45) is 15.3. The number of carboxylic acids is 1. The largest absolute Gasteiger partial charge is 0.481 e. The normalized spacial score (nSPS) is 12.7. The molecule has 0 saturated heterocycles. The smallest absolute Gasteiger partial charge is 0.303 e. The van der Waals surface area contributed by atoms with Crippen LogP contribution in [0.2, 0.25) is 0 Å². The fourth-order valence-corrected chi connectivity index (χ4v) is 2.16. The van der Waals surface area contributed by atoms with Gasteiger partial charge in [0.15, 0.2) is 0 Å². The van der Waals surface area contributed by atoms with Gasteiger partial charge in [0.05, 0.1) is 0 Å². The Morgan fingerprint density at radius 3 is 2.56 bits per heavy atom.